The van der Waals surface area contributed by atoms with Crippen LogP contribution in [0.3, 0.4) is 0 Å². The van der Waals surface area contributed by atoms with Crippen LogP contribution in [0, 0.1) is 10.1 Å². The van der Waals surface area contributed by atoms with E-state index in [-0.39, 0.29) is 16.5 Å². The van der Waals surface area contributed by atoms with Crippen molar-refractivity contribution in [1.82, 2.24) is 0 Å². The number of rotatable bonds is 7. The Balaban J connectivity index is 2.31. The molecular formula is C17H13ClF3NO7. The van der Waals surface area contributed by atoms with Gasteiger partial charge in [0.15, 0.2) is 0 Å². The van der Waals surface area contributed by atoms with Gasteiger partial charge in [0.2, 0.25) is 0 Å². The van der Waals surface area contributed by atoms with Crippen molar-refractivity contribution in [3.05, 3.63) is 62.7 Å². The maximum absolute atomic E-state index is 12.7. The standard InChI is InChI=1S/C17H13ClF3NO7/c18-13-5-9(17(19,20)21)1-4-15(13)29-11-2-3-14(22(26)27)12(6-11)16(25)28-8-10(24)7-23/h1-6,10,23-24H,7-8H2. The zero-order valence-electron chi connectivity index (χ0n) is 14.4. The van der Waals surface area contributed by atoms with E-state index in [1.165, 1.54) is 0 Å². The predicted octanol–water partition coefficient (Wildman–Crippen LogP) is 3.57. The Hall–Kier alpha value is -2.89. The molecule has 8 nitrogen and oxygen atoms in total. The van der Waals surface area contributed by atoms with E-state index in [2.05, 4.69) is 0 Å². The number of nitro groups is 1. The Morgan fingerprint density at radius 3 is 2.48 bits per heavy atom. The van der Waals surface area contributed by atoms with Gasteiger partial charge < -0.3 is 19.7 Å². The molecule has 0 heterocycles. The van der Waals surface area contributed by atoms with Gasteiger partial charge in [-0.2, -0.15) is 13.2 Å². The number of ether oxygens (including phenoxy) is 2. The van der Waals surface area contributed by atoms with E-state index in [0.29, 0.717) is 6.07 Å². The van der Waals surface area contributed by atoms with Gasteiger partial charge in [-0.05, 0) is 24.3 Å². The quantitative estimate of drug-likeness (QED) is 0.387. The number of esters is 1. The van der Waals surface area contributed by atoms with Gasteiger partial charge in [0.1, 0.15) is 29.8 Å². The van der Waals surface area contributed by atoms with Crippen LogP contribution in [0.5, 0.6) is 11.5 Å². The Morgan fingerprint density at radius 1 is 1.24 bits per heavy atom. The molecule has 0 aliphatic heterocycles. The summed E-state index contributed by atoms with van der Waals surface area (Å²) in [6.45, 7) is -1.30. The molecule has 29 heavy (non-hydrogen) atoms. The van der Waals surface area contributed by atoms with Crippen molar-refractivity contribution in [2.75, 3.05) is 13.2 Å². The number of benzene rings is 2. The summed E-state index contributed by atoms with van der Waals surface area (Å²) in [5.74, 6) is -1.48. The third-order valence-corrected chi connectivity index (χ3v) is 3.78. The summed E-state index contributed by atoms with van der Waals surface area (Å²) in [6, 6.07) is 5.34. The zero-order chi connectivity index (χ0) is 21.8. The van der Waals surface area contributed by atoms with Gasteiger partial charge in [-0.25, -0.2) is 4.79 Å². The molecule has 0 aliphatic carbocycles. The molecular weight excluding hydrogens is 423 g/mol. The minimum atomic E-state index is -4.61. The number of aliphatic hydroxyl groups is 2. The molecule has 0 radical (unpaired) electrons. The number of hydrogen-bond donors (Lipinski definition) is 2. The average molecular weight is 436 g/mol. The van der Waals surface area contributed by atoms with E-state index < -0.39 is 53.2 Å². The lowest BCUT2D eigenvalue weighted by molar-refractivity contribution is -0.385. The van der Waals surface area contributed by atoms with E-state index in [1.807, 2.05) is 0 Å². The minimum Gasteiger partial charge on any atom is -0.459 e. The third kappa shape index (κ3) is 5.79. The summed E-state index contributed by atoms with van der Waals surface area (Å²) in [5, 5.41) is 28.7. The predicted molar refractivity (Wildman–Crippen MR) is 93.0 cm³/mol. The molecule has 1 unspecified atom stereocenters. The Morgan fingerprint density at radius 2 is 1.93 bits per heavy atom. The van der Waals surface area contributed by atoms with Crippen molar-refractivity contribution in [3.8, 4) is 11.5 Å². The lowest BCUT2D eigenvalue weighted by Gasteiger charge is -2.12. The van der Waals surface area contributed by atoms with Crippen molar-refractivity contribution in [2.24, 2.45) is 0 Å². The Bertz CT molecular complexity index is 920. The van der Waals surface area contributed by atoms with Crippen LogP contribution in [0.2, 0.25) is 5.02 Å². The molecule has 0 saturated heterocycles. The van der Waals surface area contributed by atoms with Crippen LogP contribution < -0.4 is 4.74 Å². The first-order valence-electron chi connectivity index (χ1n) is 7.82. The fourth-order valence-electron chi connectivity index (χ4n) is 2.09. The van der Waals surface area contributed by atoms with E-state index in [0.717, 1.165) is 30.3 Å². The topological polar surface area (TPSA) is 119 Å². The first-order chi connectivity index (χ1) is 13.5. The van der Waals surface area contributed by atoms with Crippen LogP contribution >= 0.6 is 11.6 Å². The summed E-state index contributed by atoms with van der Waals surface area (Å²) in [4.78, 5) is 22.4. The van der Waals surface area contributed by atoms with Gasteiger partial charge in [-0.1, -0.05) is 11.6 Å². The molecule has 2 aromatic carbocycles. The van der Waals surface area contributed by atoms with Gasteiger partial charge in [-0.15, -0.1) is 0 Å². The fourth-order valence-corrected chi connectivity index (χ4v) is 2.31. The third-order valence-electron chi connectivity index (χ3n) is 3.49. The molecule has 156 valence electrons. The number of halogens is 4. The smallest absolute Gasteiger partial charge is 0.416 e. The maximum Gasteiger partial charge on any atom is 0.416 e. The summed E-state index contributed by atoms with van der Waals surface area (Å²) in [5.41, 5.74) is -2.15. The molecule has 2 N–H and O–H groups in total. The van der Waals surface area contributed by atoms with Crippen molar-refractivity contribution in [1.29, 1.82) is 0 Å². The Kier molecular flexibility index (Phi) is 7.01. The van der Waals surface area contributed by atoms with Crippen molar-refractivity contribution in [3.63, 3.8) is 0 Å². The number of nitrogens with zero attached hydrogens (tertiary/aromatic N) is 1. The monoisotopic (exact) mass is 435 g/mol. The molecule has 2 rings (SSSR count). The molecule has 0 aromatic heterocycles. The van der Waals surface area contributed by atoms with E-state index in [1.54, 1.807) is 0 Å². The molecule has 0 bridgehead atoms. The first-order valence-corrected chi connectivity index (χ1v) is 8.19. The van der Waals surface area contributed by atoms with Crippen molar-refractivity contribution >= 4 is 23.3 Å². The number of carbonyl (C=O) groups is 1. The highest BCUT2D eigenvalue weighted by Crippen LogP contribution is 2.37. The maximum atomic E-state index is 12.7. The van der Waals surface area contributed by atoms with Crippen LogP contribution in [0.4, 0.5) is 18.9 Å². The Labute approximate surface area is 166 Å². The van der Waals surface area contributed by atoms with Gasteiger partial charge in [0.05, 0.1) is 22.1 Å². The van der Waals surface area contributed by atoms with Gasteiger partial charge in [-0.3, -0.25) is 10.1 Å². The van der Waals surface area contributed by atoms with Crippen LogP contribution in [-0.4, -0.2) is 40.4 Å². The van der Waals surface area contributed by atoms with E-state index in [9.17, 15) is 33.2 Å². The number of carbonyl (C=O) groups excluding carboxylic acids is 1. The molecule has 2 aromatic rings. The minimum absolute atomic E-state index is 0.132. The number of nitro benzene ring substituents is 1. The van der Waals surface area contributed by atoms with Crippen LogP contribution in [0.1, 0.15) is 15.9 Å². The summed E-state index contributed by atoms with van der Waals surface area (Å²) in [7, 11) is 0. The molecule has 0 saturated carbocycles. The molecule has 0 fully saturated rings. The second-order valence-corrected chi connectivity index (χ2v) is 6.02. The molecule has 0 amide bonds. The average Bonchev–Trinajstić information content (AvgIpc) is 2.66. The lowest BCUT2D eigenvalue weighted by atomic mass is 10.1. The number of hydrogen-bond acceptors (Lipinski definition) is 7. The lowest BCUT2D eigenvalue weighted by Crippen LogP contribution is -2.22. The van der Waals surface area contributed by atoms with Crippen LogP contribution in [0.15, 0.2) is 36.4 Å². The van der Waals surface area contributed by atoms with E-state index in [4.69, 9.17) is 26.2 Å². The normalized spacial score (nSPS) is 12.3. The molecule has 0 aliphatic rings. The summed E-state index contributed by atoms with van der Waals surface area (Å²) < 4.78 is 48.1. The fraction of sp³-hybridized carbons (Fsp3) is 0.235. The summed E-state index contributed by atoms with van der Waals surface area (Å²) in [6.07, 6.45) is -5.98. The van der Waals surface area contributed by atoms with Crippen LogP contribution in [-0.2, 0) is 10.9 Å². The second kappa shape index (κ2) is 9.07. The number of aliphatic hydroxyl groups excluding tert-OH is 2. The van der Waals surface area contributed by atoms with Gasteiger partial charge >= 0.3 is 12.1 Å². The highest BCUT2D eigenvalue weighted by molar-refractivity contribution is 6.32. The van der Waals surface area contributed by atoms with Gasteiger partial charge in [0.25, 0.3) is 5.69 Å². The molecule has 1 atom stereocenters. The highest BCUT2D eigenvalue weighted by atomic mass is 35.5. The van der Waals surface area contributed by atoms with Crippen molar-refractivity contribution < 1.29 is 42.6 Å². The van der Waals surface area contributed by atoms with E-state index >= 15 is 0 Å². The largest absolute Gasteiger partial charge is 0.459 e. The second-order valence-electron chi connectivity index (χ2n) is 5.62. The van der Waals surface area contributed by atoms with Crippen molar-refractivity contribution in [2.45, 2.75) is 12.3 Å². The van der Waals surface area contributed by atoms with Crippen LogP contribution in [0.25, 0.3) is 0 Å². The van der Waals surface area contributed by atoms with Gasteiger partial charge in [0, 0.05) is 12.1 Å². The SMILES string of the molecule is O=C(OCC(O)CO)c1cc(Oc2ccc(C(F)(F)F)cc2Cl)ccc1[N+](=O)[O-]. The number of alkyl halides is 3. The summed E-state index contributed by atoms with van der Waals surface area (Å²) >= 11 is 5.79. The highest BCUT2D eigenvalue weighted by Gasteiger charge is 2.31. The zero-order valence-corrected chi connectivity index (χ0v) is 15.1. The molecule has 0 spiro atoms. The molecule has 12 heteroatoms. The first kappa shape index (κ1) is 22.4.